The molecule has 0 atom stereocenters. The number of nitrogens with zero attached hydrogens (tertiary/aromatic N) is 2. The maximum absolute atomic E-state index is 6.03. The molecule has 0 aliphatic heterocycles. The van der Waals surface area contributed by atoms with Crippen molar-refractivity contribution >= 4 is 40.5 Å². The lowest BCUT2D eigenvalue weighted by Gasteiger charge is -2.14. The predicted octanol–water partition coefficient (Wildman–Crippen LogP) is 4.97. The second kappa shape index (κ2) is 6.96. The fourth-order valence-electron chi connectivity index (χ4n) is 1.88. The minimum absolute atomic E-state index is 0.509. The zero-order valence-electron chi connectivity index (χ0n) is 12.3. The molecule has 1 heterocycles. The van der Waals surface area contributed by atoms with E-state index < -0.39 is 0 Å². The average Bonchev–Trinajstić information content (AvgIpc) is 2.45. The van der Waals surface area contributed by atoms with Crippen molar-refractivity contribution < 1.29 is 0 Å². The molecule has 0 spiro atoms. The van der Waals surface area contributed by atoms with Crippen molar-refractivity contribution in [1.82, 2.24) is 9.97 Å². The minimum atomic E-state index is 0.509. The van der Waals surface area contributed by atoms with Crippen LogP contribution in [0.4, 0.5) is 17.3 Å². The third-order valence-corrected chi connectivity index (χ3v) is 3.72. The third-order valence-electron chi connectivity index (χ3n) is 2.98. The van der Waals surface area contributed by atoms with Gasteiger partial charge in [-0.2, -0.15) is 0 Å². The van der Waals surface area contributed by atoms with E-state index in [0.717, 1.165) is 35.9 Å². The second-order valence-electron chi connectivity index (χ2n) is 4.77. The molecule has 2 rings (SSSR count). The number of anilines is 3. The van der Waals surface area contributed by atoms with Gasteiger partial charge in [0.15, 0.2) is 0 Å². The molecule has 4 nitrogen and oxygen atoms in total. The summed E-state index contributed by atoms with van der Waals surface area (Å²) >= 11 is 12.0. The highest BCUT2D eigenvalue weighted by molar-refractivity contribution is 6.42. The zero-order valence-corrected chi connectivity index (χ0v) is 13.8. The van der Waals surface area contributed by atoms with E-state index in [-0.39, 0.29) is 0 Å². The smallest absolute Gasteiger partial charge is 0.139 e. The molecule has 0 saturated heterocycles. The number of hydrogen-bond donors (Lipinski definition) is 2. The standard InChI is InChI=1S/C15H18Cl2N4/c1-4-7-18-14-9(2)15(20-10(3)19-14)21-11-5-6-12(16)13(17)8-11/h5-6,8H,4,7H2,1-3H3,(H2,18,19,20,21). The largest absolute Gasteiger partial charge is 0.370 e. The zero-order chi connectivity index (χ0) is 15.4. The van der Waals surface area contributed by atoms with Gasteiger partial charge in [0.2, 0.25) is 0 Å². The summed E-state index contributed by atoms with van der Waals surface area (Å²) in [6.07, 6.45) is 1.04. The van der Waals surface area contributed by atoms with E-state index in [1.165, 1.54) is 0 Å². The number of halogens is 2. The maximum Gasteiger partial charge on any atom is 0.139 e. The number of nitrogens with one attached hydrogen (secondary N) is 2. The molecular weight excluding hydrogens is 307 g/mol. The summed E-state index contributed by atoms with van der Waals surface area (Å²) in [5, 5.41) is 7.61. The summed E-state index contributed by atoms with van der Waals surface area (Å²) in [6.45, 7) is 6.85. The Labute approximate surface area is 134 Å². The van der Waals surface area contributed by atoms with Gasteiger partial charge >= 0.3 is 0 Å². The number of rotatable bonds is 5. The first-order valence-corrected chi connectivity index (χ1v) is 7.58. The topological polar surface area (TPSA) is 49.8 Å². The van der Waals surface area contributed by atoms with Crippen LogP contribution in [0.15, 0.2) is 18.2 Å². The van der Waals surface area contributed by atoms with Crippen LogP contribution in [0.1, 0.15) is 24.7 Å². The summed E-state index contributed by atoms with van der Waals surface area (Å²) in [4.78, 5) is 8.89. The van der Waals surface area contributed by atoms with E-state index >= 15 is 0 Å². The van der Waals surface area contributed by atoms with Crippen LogP contribution in [0.5, 0.6) is 0 Å². The fraction of sp³-hybridized carbons (Fsp3) is 0.333. The van der Waals surface area contributed by atoms with E-state index in [9.17, 15) is 0 Å². The SMILES string of the molecule is CCCNc1nc(C)nc(Nc2ccc(Cl)c(Cl)c2)c1C. The number of aromatic nitrogens is 2. The van der Waals surface area contributed by atoms with Crippen LogP contribution in [0.2, 0.25) is 10.0 Å². The molecule has 0 amide bonds. The molecule has 0 saturated carbocycles. The first-order chi connectivity index (χ1) is 10.0. The van der Waals surface area contributed by atoms with Gasteiger partial charge in [-0.05, 0) is 38.5 Å². The quantitative estimate of drug-likeness (QED) is 0.815. The molecule has 112 valence electrons. The van der Waals surface area contributed by atoms with E-state index in [2.05, 4.69) is 27.5 Å². The Hall–Kier alpha value is -1.52. The molecule has 1 aromatic heterocycles. The molecule has 0 fully saturated rings. The molecule has 0 unspecified atom stereocenters. The normalized spacial score (nSPS) is 10.5. The monoisotopic (exact) mass is 324 g/mol. The molecule has 0 bridgehead atoms. The number of hydrogen-bond acceptors (Lipinski definition) is 4. The van der Waals surface area contributed by atoms with Crippen molar-refractivity contribution in [3.63, 3.8) is 0 Å². The first-order valence-electron chi connectivity index (χ1n) is 6.82. The van der Waals surface area contributed by atoms with Crippen molar-refractivity contribution in [1.29, 1.82) is 0 Å². The Morgan fingerprint density at radius 3 is 2.43 bits per heavy atom. The van der Waals surface area contributed by atoms with Gasteiger partial charge in [-0.15, -0.1) is 0 Å². The number of benzene rings is 1. The lowest BCUT2D eigenvalue weighted by molar-refractivity contribution is 0.948. The lowest BCUT2D eigenvalue weighted by atomic mass is 10.2. The van der Waals surface area contributed by atoms with Crippen LogP contribution in [0.25, 0.3) is 0 Å². The van der Waals surface area contributed by atoms with E-state index in [1.54, 1.807) is 12.1 Å². The van der Waals surface area contributed by atoms with Crippen molar-refractivity contribution in [2.45, 2.75) is 27.2 Å². The average molecular weight is 325 g/mol. The van der Waals surface area contributed by atoms with Gasteiger partial charge in [-0.25, -0.2) is 9.97 Å². The molecule has 2 aromatic rings. The second-order valence-corrected chi connectivity index (χ2v) is 5.59. The van der Waals surface area contributed by atoms with Crippen LogP contribution in [-0.2, 0) is 0 Å². The summed E-state index contributed by atoms with van der Waals surface area (Å²) in [6, 6.07) is 5.40. The molecule has 2 N–H and O–H groups in total. The summed E-state index contributed by atoms with van der Waals surface area (Å²) < 4.78 is 0. The third kappa shape index (κ3) is 3.99. The van der Waals surface area contributed by atoms with Crippen molar-refractivity contribution in [3.05, 3.63) is 39.6 Å². The van der Waals surface area contributed by atoms with E-state index in [1.807, 2.05) is 19.9 Å². The Morgan fingerprint density at radius 1 is 1.05 bits per heavy atom. The molecule has 0 aliphatic rings. The van der Waals surface area contributed by atoms with Gasteiger partial charge in [-0.1, -0.05) is 30.1 Å². The number of aryl methyl sites for hydroxylation is 1. The minimum Gasteiger partial charge on any atom is -0.370 e. The van der Waals surface area contributed by atoms with Crippen molar-refractivity contribution in [2.75, 3.05) is 17.2 Å². The molecule has 0 aliphatic carbocycles. The molecule has 1 aromatic carbocycles. The highest BCUT2D eigenvalue weighted by atomic mass is 35.5. The van der Waals surface area contributed by atoms with Gasteiger partial charge in [-0.3, -0.25) is 0 Å². The van der Waals surface area contributed by atoms with Crippen LogP contribution in [0, 0.1) is 13.8 Å². The Morgan fingerprint density at radius 2 is 1.76 bits per heavy atom. The molecular formula is C15H18Cl2N4. The Kier molecular flexibility index (Phi) is 5.26. The van der Waals surface area contributed by atoms with E-state index in [0.29, 0.717) is 15.9 Å². The van der Waals surface area contributed by atoms with Crippen molar-refractivity contribution in [2.24, 2.45) is 0 Å². The summed E-state index contributed by atoms with van der Waals surface area (Å²) in [7, 11) is 0. The molecule has 6 heteroatoms. The Bertz CT molecular complexity index is 644. The van der Waals surface area contributed by atoms with Crippen LogP contribution < -0.4 is 10.6 Å². The van der Waals surface area contributed by atoms with Gasteiger partial charge in [0, 0.05) is 17.8 Å². The van der Waals surface area contributed by atoms with E-state index in [4.69, 9.17) is 23.2 Å². The fourth-order valence-corrected chi connectivity index (χ4v) is 2.17. The van der Waals surface area contributed by atoms with Crippen LogP contribution in [0.3, 0.4) is 0 Å². The van der Waals surface area contributed by atoms with Gasteiger partial charge < -0.3 is 10.6 Å². The highest BCUT2D eigenvalue weighted by Gasteiger charge is 2.09. The van der Waals surface area contributed by atoms with Gasteiger partial charge in [0.05, 0.1) is 10.0 Å². The first kappa shape index (κ1) is 15.9. The Balaban J connectivity index is 2.30. The van der Waals surface area contributed by atoms with Gasteiger partial charge in [0.25, 0.3) is 0 Å². The highest BCUT2D eigenvalue weighted by Crippen LogP contribution is 2.28. The molecule has 0 radical (unpaired) electrons. The summed E-state index contributed by atoms with van der Waals surface area (Å²) in [5.41, 5.74) is 1.81. The lowest BCUT2D eigenvalue weighted by Crippen LogP contribution is -2.08. The maximum atomic E-state index is 6.03. The van der Waals surface area contributed by atoms with Crippen LogP contribution in [-0.4, -0.2) is 16.5 Å². The van der Waals surface area contributed by atoms with Crippen molar-refractivity contribution in [3.8, 4) is 0 Å². The van der Waals surface area contributed by atoms with Gasteiger partial charge in [0.1, 0.15) is 17.5 Å². The summed E-state index contributed by atoms with van der Waals surface area (Å²) in [5.74, 6) is 2.33. The van der Waals surface area contributed by atoms with Crippen LogP contribution >= 0.6 is 23.2 Å². The predicted molar refractivity (Wildman–Crippen MR) is 90.0 cm³/mol. The molecule has 21 heavy (non-hydrogen) atoms.